The third-order valence-electron chi connectivity index (χ3n) is 4.74. The van der Waals surface area contributed by atoms with Crippen LogP contribution in [-0.2, 0) is 20.8 Å². The van der Waals surface area contributed by atoms with Crippen molar-refractivity contribution in [2.75, 3.05) is 57.2 Å². The first-order chi connectivity index (χ1) is 15.0. The second-order valence-electron chi connectivity index (χ2n) is 7.38. The molecule has 3 aromatic rings. The van der Waals surface area contributed by atoms with Crippen molar-refractivity contribution in [2.45, 2.75) is 6.54 Å². The molecule has 0 spiro atoms. The van der Waals surface area contributed by atoms with Crippen molar-refractivity contribution in [3.8, 4) is 0 Å². The van der Waals surface area contributed by atoms with Gasteiger partial charge in [0.1, 0.15) is 9.71 Å². The van der Waals surface area contributed by atoms with Gasteiger partial charge in [0.2, 0.25) is 0 Å². The Labute approximate surface area is 188 Å². The summed E-state index contributed by atoms with van der Waals surface area (Å²) in [5.74, 6) is -0.890. The van der Waals surface area contributed by atoms with Crippen LogP contribution in [-0.4, -0.2) is 68.8 Å². The molecular formula is C21H24N4O4S2. The molecule has 164 valence electrons. The van der Waals surface area contributed by atoms with E-state index in [1.807, 2.05) is 43.3 Å². The molecule has 1 aliphatic rings. The van der Waals surface area contributed by atoms with E-state index < -0.39 is 5.97 Å². The van der Waals surface area contributed by atoms with Crippen LogP contribution in [0, 0.1) is 0 Å². The molecule has 0 bridgehead atoms. The molecule has 3 heterocycles. The summed E-state index contributed by atoms with van der Waals surface area (Å²) >= 11 is 2.78. The Hall–Kier alpha value is -2.53. The highest BCUT2D eigenvalue weighted by molar-refractivity contribution is 7.29. The number of fused-ring (bicyclic) bond motifs is 1. The number of ether oxygens (including phenoxy) is 2. The monoisotopic (exact) mass is 460 g/mol. The lowest BCUT2D eigenvalue weighted by molar-refractivity contribution is -0.119. The first-order valence-electron chi connectivity index (χ1n) is 9.91. The predicted molar refractivity (Wildman–Crippen MR) is 123 cm³/mol. The van der Waals surface area contributed by atoms with Crippen molar-refractivity contribution in [1.82, 2.24) is 9.88 Å². The van der Waals surface area contributed by atoms with Gasteiger partial charge >= 0.3 is 5.97 Å². The minimum atomic E-state index is -0.516. The Morgan fingerprint density at radius 3 is 2.61 bits per heavy atom. The summed E-state index contributed by atoms with van der Waals surface area (Å²) in [6, 6.07) is 9.46. The number of benzene rings is 1. The molecule has 0 saturated carbocycles. The maximum Gasteiger partial charge on any atom is 0.348 e. The third kappa shape index (κ3) is 5.59. The zero-order valence-electron chi connectivity index (χ0n) is 17.4. The summed E-state index contributed by atoms with van der Waals surface area (Å²) in [6.45, 7) is 3.92. The van der Waals surface area contributed by atoms with Crippen LogP contribution in [0.2, 0.25) is 0 Å². The summed E-state index contributed by atoms with van der Waals surface area (Å²) in [6.07, 6.45) is 0. The van der Waals surface area contributed by atoms with E-state index in [4.69, 9.17) is 9.47 Å². The lowest BCUT2D eigenvalue weighted by Gasteiger charge is -2.26. The van der Waals surface area contributed by atoms with Crippen LogP contribution in [0.25, 0.3) is 9.53 Å². The Kier molecular flexibility index (Phi) is 6.81. The van der Waals surface area contributed by atoms with Gasteiger partial charge in [0, 0.05) is 39.4 Å². The lowest BCUT2D eigenvalue weighted by atomic mass is 10.2. The number of aromatic nitrogens is 1. The van der Waals surface area contributed by atoms with E-state index in [2.05, 4.69) is 15.2 Å². The number of hydrogen-bond donors (Lipinski definition) is 1. The summed E-state index contributed by atoms with van der Waals surface area (Å²) in [7, 11) is 3.85. The molecule has 0 aliphatic carbocycles. The van der Waals surface area contributed by atoms with E-state index in [0.717, 1.165) is 47.5 Å². The van der Waals surface area contributed by atoms with Gasteiger partial charge in [-0.3, -0.25) is 9.69 Å². The molecule has 0 radical (unpaired) electrons. The van der Waals surface area contributed by atoms with E-state index in [1.54, 1.807) is 6.07 Å². The molecule has 1 aliphatic heterocycles. The average molecular weight is 461 g/mol. The highest BCUT2D eigenvalue weighted by Gasteiger charge is 2.17. The van der Waals surface area contributed by atoms with Gasteiger partial charge in [0.15, 0.2) is 11.7 Å². The van der Waals surface area contributed by atoms with Crippen molar-refractivity contribution >= 4 is 54.9 Å². The zero-order valence-corrected chi connectivity index (χ0v) is 19.1. The van der Waals surface area contributed by atoms with Crippen LogP contribution in [0.3, 0.4) is 0 Å². The van der Waals surface area contributed by atoms with E-state index in [-0.39, 0.29) is 12.5 Å². The van der Waals surface area contributed by atoms with Gasteiger partial charge < -0.3 is 19.7 Å². The minimum Gasteiger partial charge on any atom is -0.451 e. The number of amides is 1. The number of carbonyl (C=O) groups excluding carboxylic acids is 2. The van der Waals surface area contributed by atoms with Crippen molar-refractivity contribution in [1.29, 1.82) is 0 Å². The third-order valence-corrected chi connectivity index (χ3v) is 7.05. The van der Waals surface area contributed by atoms with Crippen molar-refractivity contribution < 1.29 is 19.1 Å². The number of esters is 1. The number of thiazole rings is 1. The van der Waals surface area contributed by atoms with E-state index in [1.165, 1.54) is 28.2 Å². The smallest absolute Gasteiger partial charge is 0.348 e. The SMILES string of the molecule is CN(C)c1nc2sc(C(=O)OCC(=O)Nc3ccc(CN4CCOCC4)cc3)cc2s1. The molecule has 1 amide bonds. The maximum atomic E-state index is 12.3. The average Bonchev–Trinajstić information content (AvgIpc) is 3.34. The highest BCUT2D eigenvalue weighted by atomic mass is 32.1. The van der Waals surface area contributed by atoms with Crippen LogP contribution >= 0.6 is 22.7 Å². The Morgan fingerprint density at radius 2 is 1.94 bits per heavy atom. The van der Waals surface area contributed by atoms with Crippen molar-refractivity contribution in [3.05, 3.63) is 40.8 Å². The first-order valence-corrected chi connectivity index (χ1v) is 11.5. The molecule has 4 rings (SSSR count). The number of nitrogens with one attached hydrogen (secondary N) is 1. The van der Waals surface area contributed by atoms with Gasteiger partial charge in [-0.2, -0.15) is 0 Å². The molecule has 0 unspecified atom stereocenters. The fourth-order valence-electron chi connectivity index (χ4n) is 3.13. The van der Waals surface area contributed by atoms with Crippen LogP contribution in [0.5, 0.6) is 0 Å². The number of hydrogen-bond acceptors (Lipinski definition) is 9. The van der Waals surface area contributed by atoms with Crippen LogP contribution < -0.4 is 10.2 Å². The van der Waals surface area contributed by atoms with Crippen LogP contribution in [0.15, 0.2) is 30.3 Å². The van der Waals surface area contributed by atoms with Gasteiger partial charge in [-0.15, -0.1) is 11.3 Å². The Morgan fingerprint density at radius 1 is 1.19 bits per heavy atom. The first kappa shape index (κ1) is 21.7. The molecule has 10 heteroatoms. The number of carbonyl (C=O) groups is 2. The van der Waals surface area contributed by atoms with Gasteiger partial charge in [0.05, 0.1) is 17.9 Å². The van der Waals surface area contributed by atoms with Crippen molar-refractivity contribution in [2.24, 2.45) is 0 Å². The number of nitrogens with zero attached hydrogens (tertiary/aromatic N) is 3. The summed E-state index contributed by atoms with van der Waals surface area (Å²) in [5.41, 5.74) is 1.85. The fourth-order valence-corrected chi connectivity index (χ4v) is 5.15. The number of morpholine rings is 1. The number of anilines is 2. The Bertz CT molecular complexity index is 1020. The molecule has 1 aromatic carbocycles. The standard InChI is InChI=1S/C21H24N4O4S2/c1-24(2)21-23-19-16(31-21)11-17(30-19)20(27)29-13-18(26)22-15-5-3-14(4-6-15)12-25-7-9-28-10-8-25/h3-6,11H,7-10,12-13H2,1-2H3,(H,22,26). The molecule has 1 fully saturated rings. The minimum absolute atomic E-state index is 0.337. The molecule has 2 aromatic heterocycles. The van der Waals surface area contributed by atoms with Crippen molar-refractivity contribution in [3.63, 3.8) is 0 Å². The largest absolute Gasteiger partial charge is 0.451 e. The molecule has 8 nitrogen and oxygen atoms in total. The summed E-state index contributed by atoms with van der Waals surface area (Å²) in [5, 5.41) is 3.64. The molecule has 1 saturated heterocycles. The zero-order chi connectivity index (χ0) is 21.8. The lowest BCUT2D eigenvalue weighted by Crippen LogP contribution is -2.35. The second kappa shape index (κ2) is 9.73. The quantitative estimate of drug-likeness (QED) is 0.543. The summed E-state index contributed by atoms with van der Waals surface area (Å²) < 4.78 is 11.5. The van der Waals surface area contributed by atoms with E-state index in [0.29, 0.717) is 10.6 Å². The van der Waals surface area contributed by atoms with Gasteiger partial charge in [0.25, 0.3) is 5.91 Å². The van der Waals surface area contributed by atoms with Gasteiger partial charge in [-0.1, -0.05) is 23.5 Å². The van der Waals surface area contributed by atoms with E-state index >= 15 is 0 Å². The topological polar surface area (TPSA) is 84.0 Å². The molecule has 0 atom stereocenters. The predicted octanol–water partition coefficient (Wildman–Crippen LogP) is 3.05. The van der Waals surface area contributed by atoms with Gasteiger partial charge in [-0.25, -0.2) is 9.78 Å². The maximum absolute atomic E-state index is 12.3. The van der Waals surface area contributed by atoms with Crippen LogP contribution in [0.1, 0.15) is 15.2 Å². The molecular weight excluding hydrogens is 436 g/mol. The second-order valence-corrected chi connectivity index (χ2v) is 9.42. The molecule has 31 heavy (non-hydrogen) atoms. The summed E-state index contributed by atoms with van der Waals surface area (Å²) in [4.78, 5) is 34.4. The highest BCUT2D eigenvalue weighted by Crippen LogP contribution is 2.34. The van der Waals surface area contributed by atoms with Gasteiger partial charge in [-0.05, 0) is 23.8 Å². The molecule has 1 N–H and O–H groups in total. The Balaban J connectivity index is 1.25. The number of thiophene rings is 1. The van der Waals surface area contributed by atoms with Crippen LogP contribution in [0.4, 0.5) is 10.8 Å². The fraction of sp³-hybridized carbons (Fsp3) is 0.381. The van der Waals surface area contributed by atoms with E-state index in [9.17, 15) is 9.59 Å². The number of rotatable bonds is 7. The normalized spacial score (nSPS) is 14.5.